The fourth-order valence-corrected chi connectivity index (χ4v) is 2.26. The molecule has 1 aromatic rings. The summed E-state index contributed by atoms with van der Waals surface area (Å²) in [5.41, 5.74) is 5.91. The molecule has 1 aliphatic carbocycles. The third kappa shape index (κ3) is 3.75. The van der Waals surface area contributed by atoms with Gasteiger partial charge in [0.15, 0.2) is 0 Å². The highest BCUT2D eigenvalue weighted by atomic mass is 19.1. The topological polar surface area (TPSA) is 35.2 Å². The molecule has 0 unspecified atom stereocenters. The van der Waals surface area contributed by atoms with E-state index in [2.05, 4.69) is 11.8 Å². The molecule has 3 heteroatoms. The molecule has 18 heavy (non-hydrogen) atoms. The van der Waals surface area contributed by atoms with Gasteiger partial charge in [-0.25, -0.2) is 4.39 Å². The summed E-state index contributed by atoms with van der Waals surface area (Å²) in [6.07, 6.45) is 5.00. The van der Waals surface area contributed by atoms with Crippen LogP contribution in [0.1, 0.15) is 31.2 Å². The number of rotatable bonds is 3. The molecule has 0 heterocycles. The first kappa shape index (κ1) is 12.9. The normalized spacial score (nSPS) is 15.2. The summed E-state index contributed by atoms with van der Waals surface area (Å²) in [4.78, 5) is 0. The minimum Gasteiger partial charge on any atom is -0.493 e. The molecular formula is C15H18FNO. The summed E-state index contributed by atoms with van der Waals surface area (Å²) in [6, 6.07) is 4.56. The van der Waals surface area contributed by atoms with Crippen LogP contribution in [0.25, 0.3) is 0 Å². The van der Waals surface area contributed by atoms with Crippen molar-refractivity contribution >= 4 is 0 Å². The maximum atomic E-state index is 13.4. The maximum absolute atomic E-state index is 13.4. The Labute approximate surface area is 107 Å². The fourth-order valence-electron chi connectivity index (χ4n) is 2.26. The first-order chi connectivity index (χ1) is 8.78. The van der Waals surface area contributed by atoms with Crippen molar-refractivity contribution in [1.29, 1.82) is 0 Å². The minimum absolute atomic E-state index is 0.273. The van der Waals surface area contributed by atoms with Crippen LogP contribution in [0, 0.1) is 23.6 Å². The van der Waals surface area contributed by atoms with Gasteiger partial charge in [0.25, 0.3) is 0 Å². The second kappa shape index (κ2) is 6.42. The highest BCUT2D eigenvalue weighted by molar-refractivity contribution is 5.40. The van der Waals surface area contributed by atoms with E-state index in [1.165, 1.54) is 37.8 Å². The SMILES string of the molecule is NCC#Cc1cc(F)cc(OCC2CCCC2)c1. The molecule has 0 radical (unpaired) electrons. The van der Waals surface area contributed by atoms with Crippen LogP contribution in [-0.2, 0) is 0 Å². The van der Waals surface area contributed by atoms with E-state index in [0.717, 1.165) is 0 Å². The van der Waals surface area contributed by atoms with Gasteiger partial charge in [0, 0.05) is 11.6 Å². The van der Waals surface area contributed by atoms with Gasteiger partial charge in [-0.15, -0.1) is 0 Å². The summed E-state index contributed by atoms with van der Waals surface area (Å²) in [5.74, 6) is 6.39. The summed E-state index contributed by atoms with van der Waals surface area (Å²) < 4.78 is 19.0. The molecule has 0 spiro atoms. The summed E-state index contributed by atoms with van der Waals surface area (Å²) in [7, 11) is 0. The Kier molecular flexibility index (Phi) is 4.60. The summed E-state index contributed by atoms with van der Waals surface area (Å²) in [6.45, 7) is 0.946. The molecule has 96 valence electrons. The molecule has 0 aromatic heterocycles. The Hall–Kier alpha value is -1.53. The van der Waals surface area contributed by atoms with Crippen molar-refractivity contribution in [3.05, 3.63) is 29.6 Å². The smallest absolute Gasteiger partial charge is 0.128 e. The van der Waals surface area contributed by atoms with E-state index in [9.17, 15) is 4.39 Å². The minimum atomic E-state index is -0.319. The van der Waals surface area contributed by atoms with Gasteiger partial charge in [0.05, 0.1) is 13.2 Å². The maximum Gasteiger partial charge on any atom is 0.128 e. The molecule has 2 N–H and O–H groups in total. The molecule has 0 aliphatic heterocycles. The van der Waals surface area contributed by atoms with E-state index >= 15 is 0 Å². The van der Waals surface area contributed by atoms with E-state index in [-0.39, 0.29) is 12.4 Å². The average Bonchev–Trinajstić information content (AvgIpc) is 2.86. The molecular weight excluding hydrogens is 229 g/mol. The van der Waals surface area contributed by atoms with Crippen molar-refractivity contribution in [1.82, 2.24) is 0 Å². The van der Waals surface area contributed by atoms with Crippen LogP contribution in [0.15, 0.2) is 18.2 Å². The molecule has 2 rings (SSSR count). The lowest BCUT2D eigenvalue weighted by Crippen LogP contribution is -2.08. The second-order valence-electron chi connectivity index (χ2n) is 4.64. The first-order valence-corrected chi connectivity index (χ1v) is 6.40. The predicted octanol–water partition coefficient (Wildman–Crippen LogP) is 2.70. The van der Waals surface area contributed by atoms with Gasteiger partial charge in [-0.05, 0) is 30.9 Å². The Bertz CT molecular complexity index is 455. The van der Waals surface area contributed by atoms with Gasteiger partial charge in [-0.1, -0.05) is 24.7 Å². The van der Waals surface area contributed by atoms with Gasteiger partial charge < -0.3 is 10.5 Å². The molecule has 1 fully saturated rings. The molecule has 0 saturated heterocycles. The lowest BCUT2D eigenvalue weighted by atomic mass is 10.1. The fraction of sp³-hybridized carbons (Fsp3) is 0.467. The first-order valence-electron chi connectivity index (χ1n) is 6.40. The zero-order valence-electron chi connectivity index (χ0n) is 10.4. The van der Waals surface area contributed by atoms with Crippen molar-refractivity contribution in [3.63, 3.8) is 0 Å². The number of hydrogen-bond donors (Lipinski definition) is 1. The van der Waals surface area contributed by atoms with Gasteiger partial charge >= 0.3 is 0 Å². The van der Waals surface area contributed by atoms with Crippen LogP contribution in [-0.4, -0.2) is 13.2 Å². The van der Waals surface area contributed by atoms with Crippen LogP contribution in [0.3, 0.4) is 0 Å². The van der Waals surface area contributed by atoms with E-state index in [0.29, 0.717) is 23.8 Å². The van der Waals surface area contributed by atoms with Crippen LogP contribution in [0.5, 0.6) is 5.75 Å². The van der Waals surface area contributed by atoms with Crippen LogP contribution < -0.4 is 10.5 Å². The van der Waals surface area contributed by atoms with E-state index < -0.39 is 0 Å². The number of benzene rings is 1. The monoisotopic (exact) mass is 247 g/mol. The Balaban J connectivity index is 2.00. The number of hydrogen-bond acceptors (Lipinski definition) is 2. The Morgan fingerprint density at radius 2 is 2.06 bits per heavy atom. The molecule has 1 aliphatic rings. The molecule has 1 saturated carbocycles. The van der Waals surface area contributed by atoms with Crippen LogP contribution in [0.2, 0.25) is 0 Å². The Morgan fingerprint density at radius 3 is 2.78 bits per heavy atom. The van der Waals surface area contributed by atoms with Gasteiger partial charge in [0.2, 0.25) is 0 Å². The highest BCUT2D eigenvalue weighted by Gasteiger charge is 2.15. The van der Waals surface area contributed by atoms with Gasteiger partial charge in [0.1, 0.15) is 11.6 Å². The third-order valence-electron chi connectivity index (χ3n) is 3.17. The van der Waals surface area contributed by atoms with Gasteiger partial charge in [-0.2, -0.15) is 0 Å². The molecule has 2 nitrogen and oxygen atoms in total. The van der Waals surface area contributed by atoms with E-state index in [1.807, 2.05) is 0 Å². The second-order valence-corrected chi connectivity index (χ2v) is 4.64. The highest BCUT2D eigenvalue weighted by Crippen LogP contribution is 2.26. The molecule has 1 aromatic carbocycles. The van der Waals surface area contributed by atoms with E-state index in [4.69, 9.17) is 10.5 Å². The largest absolute Gasteiger partial charge is 0.493 e. The average molecular weight is 247 g/mol. The van der Waals surface area contributed by atoms with Gasteiger partial charge in [-0.3, -0.25) is 0 Å². The lowest BCUT2D eigenvalue weighted by molar-refractivity contribution is 0.251. The standard InChI is InChI=1S/C15H18FNO/c16-14-8-13(6-3-7-17)9-15(10-14)18-11-12-4-1-2-5-12/h8-10,12H,1-2,4-5,7,11,17H2. The van der Waals surface area contributed by atoms with E-state index in [1.54, 1.807) is 6.07 Å². The van der Waals surface area contributed by atoms with Crippen molar-refractivity contribution < 1.29 is 9.13 Å². The molecule has 0 amide bonds. The number of ether oxygens (including phenoxy) is 1. The van der Waals surface area contributed by atoms with Crippen LogP contribution in [0.4, 0.5) is 4.39 Å². The summed E-state index contributed by atoms with van der Waals surface area (Å²) >= 11 is 0. The zero-order valence-corrected chi connectivity index (χ0v) is 10.4. The molecule has 0 atom stereocenters. The number of nitrogens with two attached hydrogens (primary N) is 1. The van der Waals surface area contributed by atoms with Crippen molar-refractivity contribution in [2.45, 2.75) is 25.7 Å². The summed E-state index contributed by atoms with van der Waals surface area (Å²) in [5, 5.41) is 0. The quantitative estimate of drug-likeness (QED) is 0.833. The van der Waals surface area contributed by atoms with Crippen molar-refractivity contribution in [3.8, 4) is 17.6 Å². The lowest BCUT2D eigenvalue weighted by Gasteiger charge is -2.11. The Morgan fingerprint density at radius 1 is 1.28 bits per heavy atom. The zero-order chi connectivity index (χ0) is 12.8. The third-order valence-corrected chi connectivity index (χ3v) is 3.17. The van der Waals surface area contributed by atoms with Crippen molar-refractivity contribution in [2.75, 3.05) is 13.2 Å². The van der Waals surface area contributed by atoms with Crippen LogP contribution >= 0.6 is 0 Å². The van der Waals surface area contributed by atoms with Crippen molar-refractivity contribution in [2.24, 2.45) is 11.7 Å². The number of halogens is 1. The predicted molar refractivity (Wildman–Crippen MR) is 69.8 cm³/mol. The molecule has 0 bridgehead atoms.